The molecule has 0 aromatic heterocycles. The largest absolute Gasteiger partial charge is 0.331 e. The number of likely N-dealkylation sites (tertiary alicyclic amines) is 1. The highest BCUT2D eigenvalue weighted by Gasteiger charge is 2.21. The van der Waals surface area contributed by atoms with Gasteiger partial charge in [-0.3, -0.25) is 0 Å². The molecule has 1 aliphatic heterocycles. The third-order valence-corrected chi connectivity index (χ3v) is 2.19. The number of hydrogen-bond donors (Lipinski definition) is 1. The zero-order chi connectivity index (χ0) is 9.14. The molecule has 1 heterocycles. The Bertz CT molecular complexity index is 167. The molecule has 13 heavy (non-hydrogen) atoms. The van der Waals surface area contributed by atoms with E-state index in [9.17, 15) is 4.79 Å². The van der Waals surface area contributed by atoms with Crippen LogP contribution in [-0.4, -0.2) is 49.1 Å². The molecule has 0 aromatic rings. The van der Waals surface area contributed by atoms with Gasteiger partial charge in [0.15, 0.2) is 0 Å². The zero-order valence-electron chi connectivity index (χ0n) is 8.19. The first-order valence-electron chi connectivity index (χ1n) is 4.33. The van der Waals surface area contributed by atoms with Gasteiger partial charge in [0.25, 0.3) is 0 Å². The minimum Gasteiger partial charge on any atom is -0.331 e. The monoisotopic (exact) mass is 207 g/mol. The lowest BCUT2D eigenvalue weighted by Gasteiger charge is -2.32. The molecule has 5 heteroatoms. The first-order chi connectivity index (χ1) is 5.61. The van der Waals surface area contributed by atoms with E-state index in [-0.39, 0.29) is 24.5 Å². The van der Waals surface area contributed by atoms with Gasteiger partial charge >= 0.3 is 6.03 Å². The van der Waals surface area contributed by atoms with Crippen LogP contribution in [0.25, 0.3) is 0 Å². The maximum atomic E-state index is 11.4. The standard InChI is InChI=1S/C8H17N3O.ClH/c1-10(2)8(12)11-5-3-7(9)4-6-11;/h7H,3-6,9H2,1-2H3;1H. The lowest BCUT2D eigenvalue weighted by atomic mass is 10.1. The van der Waals surface area contributed by atoms with Gasteiger partial charge in [0.1, 0.15) is 0 Å². The van der Waals surface area contributed by atoms with Crippen molar-refractivity contribution >= 4 is 18.4 Å². The Balaban J connectivity index is 0.00000144. The van der Waals surface area contributed by atoms with Gasteiger partial charge in [-0.15, -0.1) is 12.4 Å². The van der Waals surface area contributed by atoms with Crippen LogP contribution in [0.1, 0.15) is 12.8 Å². The minimum atomic E-state index is 0. The van der Waals surface area contributed by atoms with Gasteiger partial charge < -0.3 is 15.5 Å². The van der Waals surface area contributed by atoms with Gasteiger partial charge in [-0.25, -0.2) is 4.79 Å². The smallest absolute Gasteiger partial charge is 0.319 e. The molecule has 1 aliphatic rings. The number of halogens is 1. The second-order valence-electron chi connectivity index (χ2n) is 3.50. The van der Waals surface area contributed by atoms with Crippen molar-refractivity contribution in [1.29, 1.82) is 0 Å². The van der Waals surface area contributed by atoms with E-state index in [2.05, 4.69) is 0 Å². The minimum absolute atomic E-state index is 0. The molecule has 0 aromatic carbocycles. The molecule has 0 aliphatic carbocycles. The average molecular weight is 208 g/mol. The fourth-order valence-electron chi connectivity index (χ4n) is 1.37. The van der Waals surface area contributed by atoms with Crippen LogP contribution < -0.4 is 5.73 Å². The molecule has 78 valence electrons. The lowest BCUT2D eigenvalue weighted by Crippen LogP contribution is -2.46. The Morgan fingerprint density at radius 2 is 1.85 bits per heavy atom. The SMILES string of the molecule is CN(C)C(=O)N1CCC(N)CC1.Cl. The number of amides is 2. The van der Waals surface area contributed by atoms with Crippen molar-refractivity contribution in [2.75, 3.05) is 27.2 Å². The summed E-state index contributed by atoms with van der Waals surface area (Å²) in [7, 11) is 3.55. The maximum absolute atomic E-state index is 11.4. The molecule has 0 bridgehead atoms. The Kier molecular flexibility index (Phi) is 5.10. The Hall–Kier alpha value is -0.480. The van der Waals surface area contributed by atoms with E-state index in [0.29, 0.717) is 0 Å². The lowest BCUT2D eigenvalue weighted by molar-refractivity contribution is 0.157. The molecule has 0 radical (unpaired) electrons. The highest BCUT2D eigenvalue weighted by Crippen LogP contribution is 2.09. The van der Waals surface area contributed by atoms with Crippen molar-refractivity contribution in [2.45, 2.75) is 18.9 Å². The molecular weight excluding hydrogens is 190 g/mol. The molecule has 0 spiro atoms. The summed E-state index contributed by atoms with van der Waals surface area (Å²) in [6, 6.07) is 0.387. The number of piperidine rings is 1. The van der Waals surface area contributed by atoms with Gasteiger partial charge in [0, 0.05) is 33.2 Å². The predicted molar refractivity (Wildman–Crippen MR) is 55.1 cm³/mol. The van der Waals surface area contributed by atoms with Crippen LogP contribution in [0.5, 0.6) is 0 Å². The summed E-state index contributed by atoms with van der Waals surface area (Å²) in [5.41, 5.74) is 5.72. The van der Waals surface area contributed by atoms with Crippen LogP contribution in [0.4, 0.5) is 4.79 Å². The number of carbonyl (C=O) groups excluding carboxylic acids is 1. The average Bonchev–Trinajstić information content (AvgIpc) is 2.04. The maximum Gasteiger partial charge on any atom is 0.319 e. The van der Waals surface area contributed by atoms with E-state index in [0.717, 1.165) is 25.9 Å². The third-order valence-electron chi connectivity index (χ3n) is 2.19. The van der Waals surface area contributed by atoms with Crippen LogP contribution in [0.2, 0.25) is 0 Å². The first-order valence-corrected chi connectivity index (χ1v) is 4.33. The van der Waals surface area contributed by atoms with E-state index in [4.69, 9.17) is 5.73 Å². The Labute approximate surface area is 85.5 Å². The van der Waals surface area contributed by atoms with Gasteiger partial charge in [-0.2, -0.15) is 0 Å². The molecule has 1 rings (SSSR count). The Morgan fingerprint density at radius 3 is 2.23 bits per heavy atom. The molecule has 0 unspecified atom stereocenters. The zero-order valence-corrected chi connectivity index (χ0v) is 9.01. The quantitative estimate of drug-likeness (QED) is 0.630. The van der Waals surface area contributed by atoms with Crippen molar-refractivity contribution in [3.8, 4) is 0 Å². The second kappa shape index (κ2) is 5.29. The van der Waals surface area contributed by atoms with E-state index < -0.39 is 0 Å². The van der Waals surface area contributed by atoms with Gasteiger partial charge in [0.05, 0.1) is 0 Å². The highest BCUT2D eigenvalue weighted by molar-refractivity contribution is 5.85. The van der Waals surface area contributed by atoms with Crippen LogP contribution in [0.15, 0.2) is 0 Å². The Morgan fingerprint density at radius 1 is 1.38 bits per heavy atom. The highest BCUT2D eigenvalue weighted by atomic mass is 35.5. The molecule has 0 saturated carbocycles. The van der Waals surface area contributed by atoms with Gasteiger partial charge in [-0.1, -0.05) is 0 Å². The van der Waals surface area contributed by atoms with Crippen molar-refractivity contribution in [3.63, 3.8) is 0 Å². The molecule has 4 nitrogen and oxygen atoms in total. The van der Waals surface area contributed by atoms with Crippen LogP contribution >= 0.6 is 12.4 Å². The third kappa shape index (κ3) is 3.40. The predicted octanol–water partition coefficient (Wildman–Crippen LogP) is 0.513. The summed E-state index contributed by atoms with van der Waals surface area (Å²) in [4.78, 5) is 14.9. The number of carbonyl (C=O) groups is 1. The van der Waals surface area contributed by atoms with Crippen molar-refractivity contribution < 1.29 is 4.79 Å². The van der Waals surface area contributed by atoms with E-state index in [1.165, 1.54) is 0 Å². The van der Waals surface area contributed by atoms with Crippen LogP contribution in [0, 0.1) is 0 Å². The summed E-state index contributed by atoms with van der Waals surface area (Å²) in [6.45, 7) is 1.61. The normalized spacial score (nSPS) is 17.9. The summed E-state index contributed by atoms with van der Waals surface area (Å²) in [5, 5.41) is 0. The molecule has 1 saturated heterocycles. The number of rotatable bonds is 0. The summed E-state index contributed by atoms with van der Waals surface area (Å²) in [5.74, 6) is 0. The molecule has 2 N–H and O–H groups in total. The summed E-state index contributed by atoms with van der Waals surface area (Å²) in [6.07, 6.45) is 1.86. The molecule has 1 fully saturated rings. The van der Waals surface area contributed by atoms with E-state index in [1.54, 1.807) is 19.0 Å². The number of nitrogens with zero attached hydrogens (tertiary/aromatic N) is 2. The fraction of sp³-hybridized carbons (Fsp3) is 0.875. The molecular formula is C8H18ClN3O. The molecule has 0 atom stereocenters. The van der Waals surface area contributed by atoms with Gasteiger partial charge in [0.2, 0.25) is 0 Å². The number of nitrogens with two attached hydrogens (primary N) is 1. The second-order valence-corrected chi connectivity index (χ2v) is 3.50. The summed E-state index contributed by atoms with van der Waals surface area (Å²) >= 11 is 0. The van der Waals surface area contributed by atoms with Crippen molar-refractivity contribution in [3.05, 3.63) is 0 Å². The fourth-order valence-corrected chi connectivity index (χ4v) is 1.37. The van der Waals surface area contributed by atoms with E-state index >= 15 is 0 Å². The number of urea groups is 1. The number of hydrogen-bond acceptors (Lipinski definition) is 2. The first kappa shape index (κ1) is 12.5. The summed E-state index contributed by atoms with van der Waals surface area (Å²) < 4.78 is 0. The van der Waals surface area contributed by atoms with Crippen molar-refractivity contribution in [2.24, 2.45) is 5.73 Å². The van der Waals surface area contributed by atoms with Gasteiger partial charge in [-0.05, 0) is 12.8 Å². The van der Waals surface area contributed by atoms with Crippen LogP contribution in [-0.2, 0) is 0 Å². The van der Waals surface area contributed by atoms with E-state index in [1.807, 2.05) is 4.90 Å². The van der Waals surface area contributed by atoms with Crippen molar-refractivity contribution in [1.82, 2.24) is 9.80 Å². The topological polar surface area (TPSA) is 49.6 Å². The molecule has 2 amide bonds. The van der Waals surface area contributed by atoms with Crippen LogP contribution in [0.3, 0.4) is 0 Å².